The van der Waals surface area contributed by atoms with Gasteiger partial charge in [0.1, 0.15) is 11.6 Å². The highest BCUT2D eigenvalue weighted by atomic mass is 16.5. The fourth-order valence-corrected chi connectivity index (χ4v) is 2.37. The zero-order chi connectivity index (χ0) is 16.1. The highest BCUT2D eigenvalue weighted by Gasteiger charge is 2.22. The third kappa shape index (κ3) is 3.69. The van der Waals surface area contributed by atoms with Crippen LogP contribution in [0, 0.1) is 0 Å². The second-order valence-electron chi connectivity index (χ2n) is 5.13. The van der Waals surface area contributed by atoms with E-state index < -0.39 is 6.04 Å². The van der Waals surface area contributed by atoms with E-state index in [4.69, 9.17) is 9.15 Å². The molecule has 0 unspecified atom stereocenters. The van der Waals surface area contributed by atoms with Gasteiger partial charge in [-0.2, -0.15) is 4.98 Å². The number of nitrogens with zero attached hydrogens (tertiary/aromatic N) is 1. The van der Waals surface area contributed by atoms with Crippen LogP contribution in [0.5, 0.6) is 0 Å². The number of rotatable bonds is 6. The van der Waals surface area contributed by atoms with Gasteiger partial charge in [0.2, 0.25) is 0 Å². The minimum Gasteiger partial charge on any atom is -0.464 e. The molecule has 0 saturated heterocycles. The predicted molar refractivity (Wildman–Crippen MR) is 88.2 cm³/mol. The minimum atomic E-state index is -0.551. The lowest BCUT2D eigenvalue weighted by molar-refractivity contribution is -0.144. The molecule has 0 fully saturated rings. The molecule has 3 aromatic rings. The maximum absolute atomic E-state index is 12.2. The van der Waals surface area contributed by atoms with Gasteiger partial charge in [-0.1, -0.05) is 42.5 Å². The smallest absolute Gasteiger partial charge is 0.329 e. The van der Waals surface area contributed by atoms with Crippen molar-refractivity contribution in [2.75, 3.05) is 11.9 Å². The van der Waals surface area contributed by atoms with E-state index in [2.05, 4.69) is 10.3 Å². The van der Waals surface area contributed by atoms with Crippen LogP contribution >= 0.6 is 0 Å². The van der Waals surface area contributed by atoms with Crippen molar-refractivity contribution in [3.63, 3.8) is 0 Å². The molecule has 0 aliphatic heterocycles. The molecular formula is C18H18N2O3. The second-order valence-corrected chi connectivity index (χ2v) is 5.13. The van der Waals surface area contributed by atoms with E-state index in [-0.39, 0.29) is 5.97 Å². The van der Waals surface area contributed by atoms with Gasteiger partial charge in [-0.15, -0.1) is 0 Å². The van der Waals surface area contributed by atoms with Gasteiger partial charge in [0, 0.05) is 6.42 Å². The Labute approximate surface area is 134 Å². The van der Waals surface area contributed by atoms with Crippen molar-refractivity contribution in [3.8, 4) is 0 Å². The molecule has 2 aromatic carbocycles. The summed E-state index contributed by atoms with van der Waals surface area (Å²) in [6.07, 6.45) is 0.498. The minimum absolute atomic E-state index is 0.320. The lowest BCUT2D eigenvalue weighted by Crippen LogP contribution is -2.33. The molecule has 0 saturated carbocycles. The lowest BCUT2D eigenvalue weighted by atomic mass is 10.1. The summed E-state index contributed by atoms with van der Waals surface area (Å²) in [6.45, 7) is 2.12. The summed E-state index contributed by atoms with van der Waals surface area (Å²) in [5.41, 5.74) is 2.46. The van der Waals surface area contributed by atoms with Crippen molar-refractivity contribution in [1.29, 1.82) is 0 Å². The number of ether oxygens (including phenoxy) is 1. The van der Waals surface area contributed by atoms with E-state index in [1.54, 1.807) is 6.92 Å². The molecule has 0 aliphatic carbocycles. The summed E-state index contributed by atoms with van der Waals surface area (Å²) in [5, 5.41) is 3.05. The molecule has 5 nitrogen and oxygen atoms in total. The SMILES string of the molecule is CCOC(=O)[C@H](Cc1ccccc1)Nc1nc2ccccc2o1. The van der Waals surface area contributed by atoms with Gasteiger partial charge in [0.25, 0.3) is 6.01 Å². The number of carbonyl (C=O) groups is 1. The maximum atomic E-state index is 12.2. The molecule has 0 amide bonds. The summed E-state index contributed by atoms with van der Waals surface area (Å²) in [7, 11) is 0. The Bertz CT molecular complexity index is 750. The molecule has 0 bridgehead atoms. The highest BCUT2D eigenvalue weighted by Crippen LogP contribution is 2.19. The van der Waals surface area contributed by atoms with Crippen molar-refractivity contribution < 1.29 is 13.9 Å². The van der Waals surface area contributed by atoms with Gasteiger partial charge < -0.3 is 14.5 Å². The van der Waals surface area contributed by atoms with Crippen LogP contribution < -0.4 is 5.32 Å². The van der Waals surface area contributed by atoms with Gasteiger partial charge in [-0.3, -0.25) is 0 Å². The van der Waals surface area contributed by atoms with E-state index >= 15 is 0 Å². The third-order valence-corrected chi connectivity index (χ3v) is 3.45. The first-order chi connectivity index (χ1) is 11.3. The average Bonchev–Trinajstić information content (AvgIpc) is 2.98. The summed E-state index contributed by atoms with van der Waals surface area (Å²) in [6, 6.07) is 17.0. The molecule has 1 atom stereocenters. The first-order valence-electron chi connectivity index (χ1n) is 7.59. The summed E-state index contributed by atoms with van der Waals surface area (Å²) in [4.78, 5) is 16.6. The number of esters is 1. The van der Waals surface area contributed by atoms with Gasteiger partial charge in [-0.05, 0) is 24.6 Å². The number of hydrogen-bond acceptors (Lipinski definition) is 5. The van der Waals surface area contributed by atoms with Crippen molar-refractivity contribution in [2.24, 2.45) is 0 Å². The maximum Gasteiger partial charge on any atom is 0.329 e. The average molecular weight is 310 g/mol. The number of benzene rings is 2. The number of anilines is 1. The predicted octanol–water partition coefficient (Wildman–Crippen LogP) is 3.41. The van der Waals surface area contributed by atoms with Crippen molar-refractivity contribution in [1.82, 2.24) is 4.98 Å². The highest BCUT2D eigenvalue weighted by molar-refractivity contribution is 5.80. The number of para-hydroxylation sites is 2. The van der Waals surface area contributed by atoms with Crippen LogP contribution in [0.1, 0.15) is 12.5 Å². The Morgan fingerprint density at radius 3 is 2.65 bits per heavy atom. The molecule has 3 rings (SSSR count). The molecule has 118 valence electrons. The van der Waals surface area contributed by atoms with E-state index in [0.717, 1.165) is 11.1 Å². The van der Waals surface area contributed by atoms with Crippen molar-refractivity contribution >= 4 is 23.1 Å². The van der Waals surface area contributed by atoms with E-state index in [9.17, 15) is 4.79 Å². The van der Waals surface area contributed by atoms with Gasteiger partial charge in [-0.25, -0.2) is 4.79 Å². The Kier molecular flexibility index (Phi) is 4.57. The van der Waals surface area contributed by atoms with Crippen LogP contribution in [0.15, 0.2) is 59.0 Å². The molecule has 1 heterocycles. The van der Waals surface area contributed by atoms with Crippen LogP contribution in [0.4, 0.5) is 6.01 Å². The van der Waals surface area contributed by atoms with E-state index in [0.29, 0.717) is 24.6 Å². The van der Waals surface area contributed by atoms with E-state index in [1.807, 2.05) is 54.6 Å². The number of fused-ring (bicyclic) bond motifs is 1. The molecule has 5 heteroatoms. The van der Waals surface area contributed by atoms with Crippen LogP contribution in [0.25, 0.3) is 11.1 Å². The standard InChI is InChI=1S/C18H18N2O3/c1-2-22-17(21)15(12-13-8-4-3-5-9-13)20-18-19-14-10-6-7-11-16(14)23-18/h3-11,15H,2,12H2,1H3,(H,19,20)/t15-/m0/s1. The molecule has 23 heavy (non-hydrogen) atoms. The van der Waals surface area contributed by atoms with Crippen molar-refractivity contribution in [2.45, 2.75) is 19.4 Å². The molecule has 0 radical (unpaired) electrons. The van der Waals surface area contributed by atoms with Gasteiger partial charge in [0.05, 0.1) is 6.61 Å². The van der Waals surface area contributed by atoms with Crippen LogP contribution in [0.2, 0.25) is 0 Å². The number of carbonyl (C=O) groups excluding carboxylic acids is 1. The fourth-order valence-electron chi connectivity index (χ4n) is 2.37. The van der Waals surface area contributed by atoms with Crippen LogP contribution in [-0.2, 0) is 16.0 Å². The number of hydrogen-bond donors (Lipinski definition) is 1. The largest absolute Gasteiger partial charge is 0.464 e. The zero-order valence-electron chi connectivity index (χ0n) is 12.9. The Hall–Kier alpha value is -2.82. The number of oxazole rings is 1. The number of nitrogens with one attached hydrogen (secondary N) is 1. The molecular weight excluding hydrogens is 292 g/mol. The second kappa shape index (κ2) is 6.96. The molecule has 0 spiro atoms. The summed E-state index contributed by atoms with van der Waals surface area (Å²) >= 11 is 0. The normalized spacial score (nSPS) is 12.0. The lowest BCUT2D eigenvalue weighted by Gasteiger charge is -2.16. The molecule has 0 aliphatic rings. The number of aromatic nitrogens is 1. The van der Waals surface area contributed by atoms with Gasteiger partial charge in [0.15, 0.2) is 5.58 Å². The summed E-state index contributed by atoms with van der Waals surface area (Å²) < 4.78 is 10.8. The van der Waals surface area contributed by atoms with E-state index in [1.165, 1.54) is 0 Å². The van der Waals surface area contributed by atoms with Crippen LogP contribution in [-0.4, -0.2) is 23.6 Å². The molecule has 1 aromatic heterocycles. The van der Waals surface area contributed by atoms with Crippen molar-refractivity contribution in [3.05, 3.63) is 60.2 Å². The molecule has 1 N–H and O–H groups in total. The Balaban J connectivity index is 1.81. The van der Waals surface area contributed by atoms with Crippen LogP contribution in [0.3, 0.4) is 0 Å². The third-order valence-electron chi connectivity index (χ3n) is 3.45. The first-order valence-corrected chi connectivity index (χ1v) is 7.59. The topological polar surface area (TPSA) is 64.4 Å². The fraction of sp³-hybridized carbons (Fsp3) is 0.222. The zero-order valence-corrected chi connectivity index (χ0v) is 12.9. The quantitative estimate of drug-likeness (QED) is 0.707. The Morgan fingerprint density at radius 2 is 1.91 bits per heavy atom. The Morgan fingerprint density at radius 1 is 1.17 bits per heavy atom. The first kappa shape index (κ1) is 15.1. The summed E-state index contributed by atoms with van der Waals surface area (Å²) in [5.74, 6) is -0.321. The monoisotopic (exact) mass is 310 g/mol. The van der Waals surface area contributed by atoms with Gasteiger partial charge >= 0.3 is 5.97 Å².